The van der Waals surface area contributed by atoms with Crippen LogP contribution in [0.25, 0.3) is 0 Å². The lowest BCUT2D eigenvalue weighted by atomic mass is 9.89. The van der Waals surface area contributed by atoms with E-state index in [0.717, 1.165) is 32.1 Å². The second-order valence-corrected chi connectivity index (χ2v) is 9.85. The van der Waals surface area contributed by atoms with Crippen molar-refractivity contribution in [2.24, 2.45) is 11.8 Å². The molecule has 1 aliphatic heterocycles. The molecule has 2 amide bonds. The van der Waals surface area contributed by atoms with Crippen LogP contribution < -0.4 is 10.6 Å². The van der Waals surface area contributed by atoms with Crippen LogP contribution in [-0.4, -0.2) is 56.5 Å². The van der Waals surface area contributed by atoms with Gasteiger partial charge < -0.3 is 10.6 Å². The standard InChI is InChI=1S/C19H35N3O4S/c1-2-3-15-27(25,26)22-13-9-17(10-14-22)19(24)21-12-11-20-18(23)16-7-5-4-6-8-16/h16-17H,2-15H2,1H3,(H,20,23)(H,21,24). The van der Waals surface area contributed by atoms with E-state index in [1.807, 2.05) is 6.92 Å². The molecule has 1 aliphatic carbocycles. The maximum Gasteiger partial charge on any atom is 0.223 e. The van der Waals surface area contributed by atoms with Crippen molar-refractivity contribution >= 4 is 21.8 Å². The van der Waals surface area contributed by atoms with Crippen LogP contribution >= 0.6 is 0 Å². The third kappa shape index (κ3) is 7.07. The summed E-state index contributed by atoms with van der Waals surface area (Å²) in [6, 6.07) is 0. The molecule has 0 bridgehead atoms. The SMILES string of the molecule is CCCCS(=O)(=O)N1CCC(C(=O)NCCNC(=O)C2CCCCC2)CC1. The smallest absolute Gasteiger partial charge is 0.223 e. The first-order valence-corrected chi connectivity index (χ1v) is 12.1. The molecule has 156 valence electrons. The van der Waals surface area contributed by atoms with Crippen molar-refractivity contribution in [2.75, 3.05) is 31.9 Å². The average molecular weight is 402 g/mol. The van der Waals surface area contributed by atoms with E-state index in [0.29, 0.717) is 45.4 Å². The fourth-order valence-corrected chi connectivity index (χ4v) is 5.56. The van der Waals surface area contributed by atoms with Gasteiger partial charge in [0.05, 0.1) is 5.75 Å². The van der Waals surface area contributed by atoms with E-state index in [-0.39, 0.29) is 29.4 Å². The van der Waals surface area contributed by atoms with E-state index in [4.69, 9.17) is 0 Å². The second kappa shape index (κ2) is 11.0. The highest BCUT2D eigenvalue weighted by molar-refractivity contribution is 7.89. The molecule has 1 saturated carbocycles. The van der Waals surface area contributed by atoms with Crippen molar-refractivity contribution in [3.63, 3.8) is 0 Å². The third-order valence-electron chi connectivity index (χ3n) is 5.67. The Morgan fingerprint density at radius 2 is 1.41 bits per heavy atom. The molecule has 2 aliphatic rings. The molecule has 0 atom stereocenters. The van der Waals surface area contributed by atoms with Gasteiger partial charge in [0.2, 0.25) is 21.8 Å². The summed E-state index contributed by atoms with van der Waals surface area (Å²) in [6.07, 6.45) is 8.07. The van der Waals surface area contributed by atoms with Gasteiger partial charge in [-0.1, -0.05) is 32.6 Å². The first-order valence-electron chi connectivity index (χ1n) is 10.5. The maximum absolute atomic E-state index is 12.3. The molecule has 27 heavy (non-hydrogen) atoms. The van der Waals surface area contributed by atoms with E-state index < -0.39 is 10.0 Å². The van der Waals surface area contributed by atoms with Crippen LogP contribution in [0.4, 0.5) is 0 Å². The van der Waals surface area contributed by atoms with Crippen molar-refractivity contribution in [3.8, 4) is 0 Å². The summed E-state index contributed by atoms with van der Waals surface area (Å²) in [5, 5.41) is 5.79. The van der Waals surface area contributed by atoms with E-state index in [1.165, 1.54) is 10.7 Å². The third-order valence-corrected chi connectivity index (χ3v) is 7.63. The number of amides is 2. The van der Waals surface area contributed by atoms with E-state index in [1.54, 1.807) is 0 Å². The largest absolute Gasteiger partial charge is 0.354 e. The van der Waals surface area contributed by atoms with Crippen LogP contribution in [0.5, 0.6) is 0 Å². The summed E-state index contributed by atoms with van der Waals surface area (Å²) in [7, 11) is -3.18. The zero-order valence-electron chi connectivity index (χ0n) is 16.5. The Balaban J connectivity index is 1.62. The molecule has 0 radical (unpaired) electrons. The molecule has 0 unspecified atom stereocenters. The molecule has 0 aromatic rings. The maximum atomic E-state index is 12.3. The van der Waals surface area contributed by atoms with Crippen LogP contribution in [0.1, 0.15) is 64.7 Å². The number of nitrogens with zero attached hydrogens (tertiary/aromatic N) is 1. The van der Waals surface area contributed by atoms with Gasteiger partial charge in [-0.2, -0.15) is 0 Å². The molecule has 2 rings (SSSR count). The number of carbonyl (C=O) groups excluding carboxylic acids is 2. The van der Waals surface area contributed by atoms with E-state index in [2.05, 4.69) is 10.6 Å². The lowest BCUT2D eigenvalue weighted by Gasteiger charge is -2.30. The summed E-state index contributed by atoms with van der Waals surface area (Å²) >= 11 is 0. The van der Waals surface area contributed by atoms with Crippen LogP contribution in [0.3, 0.4) is 0 Å². The molecular formula is C19H35N3O4S. The molecule has 0 aromatic heterocycles. The van der Waals surface area contributed by atoms with Crippen LogP contribution in [-0.2, 0) is 19.6 Å². The zero-order chi connectivity index (χ0) is 19.7. The molecule has 2 N–H and O–H groups in total. The van der Waals surface area contributed by atoms with Gasteiger partial charge in [-0.25, -0.2) is 12.7 Å². The van der Waals surface area contributed by atoms with Gasteiger partial charge in [0, 0.05) is 38.0 Å². The molecule has 0 aromatic carbocycles. The molecule has 1 saturated heterocycles. The average Bonchev–Trinajstić information content (AvgIpc) is 2.70. The topological polar surface area (TPSA) is 95.6 Å². The fraction of sp³-hybridized carbons (Fsp3) is 0.895. The summed E-state index contributed by atoms with van der Waals surface area (Å²) in [6.45, 7) is 3.69. The number of nitrogens with one attached hydrogen (secondary N) is 2. The molecule has 7 nitrogen and oxygen atoms in total. The zero-order valence-corrected chi connectivity index (χ0v) is 17.4. The Hall–Kier alpha value is -1.15. The highest BCUT2D eigenvalue weighted by atomic mass is 32.2. The van der Waals surface area contributed by atoms with Gasteiger partial charge in [-0.15, -0.1) is 0 Å². The first-order chi connectivity index (χ1) is 12.9. The Morgan fingerprint density at radius 1 is 0.889 bits per heavy atom. The number of piperidine rings is 1. The normalized spacial score (nSPS) is 20.3. The molecule has 8 heteroatoms. The predicted octanol–water partition coefficient (Wildman–Crippen LogP) is 1.64. The van der Waals surface area contributed by atoms with Crippen molar-refractivity contribution in [2.45, 2.75) is 64.7 Å². The highest BCUT2D eigenvalue weighted by Crippen LogP contribution is 2.23. The Morgan fingerprint density at radius 3 is 1.93 bits per heavy atom. The van der Waals surface area contributed by atoms with Gasteiger partial charge >= 0.3 is 0 Å². The minimum Gasteiger partial charge on any atom is -0.354 e. The molecular weight excluding hydrogens is 366 g/mol. The first kappa shape index (κ1) is 22.1. The van der Waals surface area contributed by atoms with Gasteiger partial charge in [-0.05, 0) is 32.1 Å². The monoisotopic (exact) mass is 401 g/mol. The summed E-state index contributed by atoms with van der Waals surface area (Å²) < 4.78 is 25.9. The number of sulfonamides is 1. The van der Waals surface area contributed by atoms with Crippen molar-refractivity contribution in [1.82, 2.24) is 14.9 Å². The number of rotatable bonds is 9. The summed E-state index contributed by atoms with van der Waals surface area (Å²) in [5.41, 5.74) is 0. The van der Waals surface area contributed by atoms with Gasteiger partial charge in [0.1, 0.15) is 0 Å². The molecule has 1 heterocycles. The van der Waals surface area contributed by atoms with Crippen LogP contribution in [0, 0.1) is 11.8 Å². The van der Waals surface area contributed by atoms with E-state index in [9.17, 15) is 18.0 Å². The quantitative estimate of drug-likeness (QED) is 0.574. The summed E-state index contributed by atoms with van der Waals surface area (Å²) in [4.78, 5) is 24.3. The Kier molecular flexibility index (Phi) is 9.02. The van der Waals surface area contributed by atoms with Crippen molar-refractivity contribution in [1.29, 1.82) is 0 Å². The Labute approximate surface area is 163 Å². The van der Waals surface area contributed by atoms with Gasteiger partial charge in [0.15, 0.2) is 0 Å². The minimum absolute atomic E-state index is 0.0347. The highest BCUT2D eigenvalue weighted by Gasteiger charge is 2.30. The van der Waals surface area contributed by atoms with Crippen molar-refractivity contribution in [3.05, 3.63) is 0 Å². The van der Waals surface area contributed by atoms with Gasteiger partial charge in [-0.3, -0.25) is 9.59 Å². The Bertz CT molecular complexity index is 580. The van der Waals surface area contributed by atoms with E-state index >= 15 is 0 Å². The van der Waals surface area contributed by atoms with Crippen LogP contribution in [0.2, 0.25) is 0 Å². The second-order valence-electron chi connectivity index (χ2n) is 7.76. The van der Waals surface area contributed by atoms with Crippen molar-refractivity contribution < 1.29 is 18.0 Å². The molecule has 0 spiro atoms. The number of hydrogen-bond acceptors (Lipinski definition) is 4. The molecule has 2 fully saturated rings. The fourth-order valence-electron chi connectivity index (χ4n) is 3.88. The number of carbonyl (C=O) groups is 2. The number of hydrogen-bond donors (Lipinski definition) is 2. The number of unbranched alkanes of at least 4 members (excludes halogenated alkanes) is 1. The lowest BCUT2D eigenvalue weighted by Crippen LogP contribution is -2.45. The predicted molar refractivity (Wildman–Crippen MR) is 106 cm³/mol. The van der Waals surface area contributed by atoms with Gasteiger partial charge in [0.25, 0.3) is 0 Å². The lowest BCUT2D eigenvalue weighted by molar-refractivity contribution is -0.127. The van der Waals surface area contributed by atoms with Crippen LogP contribution in [0.15, 0.2) is 0 Å². The minimum atomic E-state index is -3.18. The summed E-state index contributed by atoms with van der Waals surface area (Å²) in [5.74, 6) is 0.258.